The first-order valence-corrected chi connectivity index (χ1v) is 31.3. The van der Waals surface area contributed by atoms with Gasteiger partial charge in [0.15, 0.2) is 0 Å². The summed E-state index contributed by atoms with van der Waals surface area (Å²) in [6.45, 7) is 22.7. The third-order valence-electron chi connectivity index (χ3n) is 14.1. The maximum absolute atomic E-state index is 7.39. The highest BCUT2D eigenvalue weighted by Crippen LogP contribution is 2.23. The van der Waals surface area contributed by atoms with E-state index in [-0.39, 0.29) is 6.42 Å². The van der Waals surface area contributed by atoms with Gasteiger partial charge in [-0.2, -0.15) is 0 Å². The van der Waals surface area contributed by atoms with E-state index in [1.54, 1.807) is 6.92 Å². The summed E-state index contributed by atoms with van der Waals surface area (Å²) in [5.74, 6) is -1.31. The van der Waals surface area contributed by atoms with Crippen LogP contribution in [-0.2, 0) is 0 Å². The standard InChI is InChI=1S/C10H14.C9H12.3C8H10.C7H14.C7H8.C6H12.2C6H14.2C5H12/c1-7-5-8(2)10(4)9(3)6-7;1-7-5-4-6-8(2)9(7)3;1-7-3-5-8(2)6-4-7;1-7-4-3-5-8(2)6-7;1-7-5-3-4-6-8(7)2;2*1-7-5-3-2-4-6-7;1-6-4-2-3-5-6;1-5-6(2,3)4;1-4-5-6(2)3;2*1-4-5(2)3/h5-6H,1-4H3;4-6H,1-3H3;3*3-6H,1-2H3;7H,2-6H2,1H3;2-6H,1H3;6H,2-5H2,1H3;5H2,1-4H3;6H,4-5H2,1-3H3;2*5H,4H2,1-3H3/i;;;;;;;;2D3,3D3,4D3,5D2;;2D3,3D3,4D2,5D;2D3,3D3. The third kappa shape index (κ3) is 59.4. The lowest BCUT2D eigenvalue weighted by Crippen LogP contribution is -2.00. The molecular weight excluding hydrogens is 1020 g/mol. The molecule has 2 aliphatic rings. The van der Waals surface area contributed by atoms with E-state index in [4.69, 9.17) is 35.6 Å². The van der Waals surface area contributed by atoms with Crippen LogP contribution in [0.25, 0.3) is 0 Å². The Balaban J connectivity index is -0.000000569. The summed E-state index contributed by atoms with van der Waals surface area (Å²) in [5.41, 5.74) is 15.7. The fourth-order valence-corrected chi connectivity index (χ4v) is 7.80. The highest BCUT2D eigenvalue weighted by Gasteiger charge is 2.08. The summed E-state index contributed by atoms with van der Waals surface area (Å²) in [6, 6.07) is 46.4. The molecule has 482 valence electrons. The van der Waals surface area contributed by atoms with E-state index in [1.165, 1.54) is 149 Å². The molecule has 85 heavy (non-hydrogen) atoms. The van der Waals surface area contributed by atoms with Crippen LogP contribution in [0.4, 0.5) is 0 Å². The van der Waals surface area contributed by atoms with Crippen LogP contribution in [0.3, 0.4) is 0 Å². The Morgan fingerprint density at radius 1 is 0.412 bits per heavy atom. The van der Waals surface area contributed by atoms with Crippen molar-refractivity contribution < 1.29 is 35.6 Å². The first kappa shape index (κ1) is 48.3. The summed E-state index contributed by atoms with van der Waals surface area (Å²) in [7, 11) is 0. The average Bonchev–Trinajstić information content (AvgIpc) is 0.899. The van der Waals surface area contributed by atoms with Crippen LogP contribution in [0.2, 0.25) is 0 Å². The van der Waals surface area contributed by atoms with Gasteiger partial charge in [0.25, 0.3) is 0 Å². The van der Waals surface area contributed by atoms with Crippen LogP contribution < -0.4 is 0 Å². The molecule has 0 aliphatic heterocycles. The van der Waals surface area contributed by atoms with Gasteiger partial charge >= 0.3 is 0 Å². The number of benzene rings is 6. The Morgan fingerprint density at radius 2 is 0.776 bits per heavy atom. The normalized spacial score (nSPS) is 18.1. The smallest absolute Gasteiger partial charge is 0.0297 e. The molecule has 0 bridgehead atoms. The second-order valence-electron chi connectivity index (χ2n) is 23.5. The van der Waals surface area contributed by atoms with E-state index in [0.29, 0.717) is 6.92 Å². The molecular formula is C85H142. The van der Waals surface area contributed by atoms with E-state index >= 15 is 0 Å². The molecule has 0 nitrogen and oxygen atoms in total. The van der Waals surface area contributed by atoms with Crippen molar-refractivity contribution in [3.05, 3.63) is 211 Å². The molecule has 0 unspecified atom stereocenters. The molecule has 0 heterocycles. The second-order valence-corrected chi connectivity index (χ2v) is 23.5. The highest BCUT2D eigenvalue weighted by atomic mass is 14.1. The van der Waals surface area contributed by atoms with Gasteiger partial charge in [0.05, 0.1) is 0 Å². The molecule has 0 atom stereocenters. The molecule has 0 N–H and O–H groups in total. The molecule has 2 aliphatic carbocycles. The lowest BCUT2D eigenvalue weighted by molar-refractivity contribution is 0.385. The highest BCUT2D eigenvalue weighted by molar-refractivity contribution is 5.36. The van der Waals surface area contributed by atoms with Gasteiger partial charge in [-0.3, -0.25) is 0 Å². The van der Waals surface area contributed by atoms with Crippen LogP contribution in [0.5, 0.6) is 0 Å². The van der Waals surface area contributed by atoms with E-state index in [9.17, 15) is 0 Å². The van der Waals surface area contributed by atoms with E-state index in [1.807, 2.05) is 18.2 Å². The minimum atomic E-state index is -3.48. The van der Waals surface area contributed by atoms with Crippen molar-refractivity contribution in [2.45, 2.75) is 290 Å². The maximum atomic E-state index is 7.39. The minimum Gasteiger partial charge on any atom is -0.0654 e. The summed E-state index contributed by atoms with van der Waals surface area (Å²) >= 11 is 0. The molecule has 2 saturated carbocycles. The molecule has 0 amide bonds. The van der Waals surface area contributed by atoms with Crippen molar-refractivity contribution in [3.8, 4) is 0 Å². The van der Waals surface area contributed by atoms with E-state index < -0.39 is 77.9 Å². The molecule has 2 fully saturated rings. The van der Waals surface area contributed by atoms with Gasteiger partial charge in [-0.15, -0.1) is 0 Å². The average molecular weight is 1190 g/mol. The Labute approximate surface area is 570 Å². The molecule has 6 aromatic carbocycles. The molecule has 0 aromatic heterocycles. The summed E-state index contributed by atoms with van der Waals surface area (Å²) in [6.07, 6.45) is 10.7. The SMILES string of the molecule is CC1CCCC1.CC1CCCCC1.CCCC(C)C.Cc1cc(C)c(C)c(C)c1.Cc1ccc(C)cc1.Cc1cccc(C)c1.Cc1cccc(C)c1C.Cc1ccccc1.Cc1ccccc1C.[2H]C([2H])([2H])C(C([2H])([2H])[2H])(C([2H])([2H])[2H])C([2H])([2H])C.[2H]C([2H])([2H])C(CC)C([2H])([2H])[2H].[2H]C([2H])([2H])C([2H])(C([2H])([2H])[2H])C([2H])([2H])C. The molecule has 6 aromatic rings. The Morgan fingerprint density at radius 3 is 0.976 bits per heavy atom. The fraction of sp³-hybridized carbons (Fsp3) is 0.576. The molecule has 0 saturated heterocycles. The lowest BCUT2D eigenvalue weighted by atomic mass is 9.91. The van der Waals surface area contributed by atoms with E-state index in [2.05, 4.69) is 247 Å². The van der Waals surface area contributed by atoms with Crippen LogP contribution >= 0.6 is 0 Å². The van der Waals surface area contributed by atoms with E-state index in [0.717, 1.165) is 24.7 Å². The fourth-order valence-electron chi connectivity index (χ4n) is 7.80. The van der Waals surface area contributed by atoms with Gasteiger partial charge in [-0.1, -0.05) is 360 Å². The molecule has 0 spiro atoms. The lowest BCUT2D eigenvalue weighted by Gasteiger charge is -2.15. The van der Waals surface area contributed by atoms with Crippen LogP contribution in [0, 0.1) is 132 Å². The van der Waals surface area contributed by atoms with Gasteiger partial charge in [0.2, 0.25) is 0 Å². The number of hydrogen-bond acceptors (Lipinski definition) is 0. The van der Waals surface area contributed by atoms with Crippen LogP contribution in [0.1, 0.15) is 307 Å². The van der Waals surface area contributed by atoms with Crippen molar-refractivity contribution in [2.75, 3.05) is 0 Å². The number of aryl methyl sites for hydroxylation is 12. The van der Waals surface area contributed by atoms with Gasteiger partial charge in [0.1, 0.15) is 0 Å². The largest absolute Gasteiger partial charge is 0.0654 e. The van der Waals surface area contributed by atoms with Crippen molar-refractivity contribution in [1.29, 1.82) is 0 Å². The predicted octanol–water partition coefficient (Wildman–Crippen LogP) is 28.2. The first-order valence-electron chi connectivity index (χ1n) is 44.3. The molecule has 8 rings (SSSR count). The van der Waals surface area contributed by atoms with Crippen molar-refractivity contribution in [3.63, 3.8) is 0 Å². The quantitative estimate of drug-likeness (QED) is 0.165. The summed E-state index contributed by atoms with van der Waals surface area (Å²) in [5, 5.41) is 0. The third-order valence-corrected chi connectivity index (χ3v) is 14.1. The Kier molecular flexibility index (Phi) is 31.1. The van der Waals surface area contributed by atoms with Gasteiger partial charge in [-0.25, -0.2) is 0 Å². The first-order chi connectivity index (χ1) is 50.1. The van der Waals surface area contributed by atoms with Crippen LogP contribution in [0.15, 0.2) is 133 Å². The molecule has 0 radical (unpaired) electrons. The van der Waals surface area contributed by atoms with Gasteiger partial charge in [-0.05, 0) is 176 Å². The summed E-state index contributed by atoms with van der Waals surface area (Å²) < 4.78 is 184. The maximum Gasteiger partial charge on any atom is 0.0297 e. The second kappa shape index (κ2) is 54.7. The Hall–Kier alpha value is -4.68. The Bertz CT molecular complexity index is 3180. The van der Waals surface area contributed by atoms with Crippen molar-refractivity contribution in [1.82, 2.24) is 0 Å². The van der Waals surface area contributed by atoms with Crippen molar-refractivity contribution in [2.24, 2.45) is 35.0 Å². The zero-order valence-corrected chi connectivity index (χ0v) is 58.0. The minimum absolute atomic E-state index is 0.160. The van der Waals surface area contributed by atoms with Crippen molar-refractivity contribution >= 4 is 0 Å². The molecule has 0 heteroatoms. The monoisotopic (exact) mass is 1190 g/mol. The van der Waals surface area contributed by atoms with Gasteiger partial charge in [0, 0.05) is 35.6 Å². The van der Waals surface area contributed by atoms with Crippen LogP contribution in [-0.4, -0.2) is 0 Å². The number of rotatable bonds is 4. The zero-order chi connectivity index (χ0) is 87.9. The predicted molar refractivity (Wildman–Crippen MR) is 395 cm³/mol. The van der Waals surface area contributed by atoms with Gasteiger partial charge < -0.3 is 0 Å². The summed E-state index contributed by atoms with van der Waals surface area (Å²) in [4.78, 5) is 0. The number of hydrogen-bond donors (Lipinski definition) is 0. The zero-order valence-electron chi connectivity index (χ0n) is 84.0. The topological polar surface area (TPSA) is 0 Å².